The summed E-state index contributed by atoms with van der Waals surface area (Å²) in [6, 6.07) is 8.69. The van der Waals surface area contributed by atoms with Crippen LogP contribution in [-0.4, -0.2) is 47.1 Å². The van der Waals surface area contributed by atoms with Gasteiger partial charge in [0.05, 0.1) is 25.2 Å². The predicted molar refractivity (Wildman–Crippen MR) is 142 cm³/mol. The van der Waals surface area contributed by atoms with Crippen LogP contribution in [0.4, 0.5) is 5.69 Å². The molecule has 2 aromatic carbocycles. The minimum Gasteiger partial charge on any atom is -0.487 e. The molecule has 0 spiro atoms. The summed E-state index contributed by atoms with van der Waals surface area (Å²) in [7, 11) is 0. The number of aliphatic hydroxyl groups excluding tert-OH is 2. The van der Waals surface area contributed by atoms with Crippen molar-refractivity contribution in [1.29, 1.82) is 0 Å². The van der Waals surface area contributed by atoms with Gasteiger partial charge in [-0.2, -0.15) is 0 Å². The molecule has 2 heterocycles. The maximum Gasteiger partial charge on any atom is 0.308 e. The fraction of sp³-hybridized carbons (Fsp3) is 0.567. The van der Waals surface area contributed by atoms with Gasteiger partial charge in [-0.3, -0.25) is 4.79 Å². The first kappa shape index (κ1) is 26.5. The van der Waals surface area contributed by atoms with Gasteiger partial charge < -0.3 is 24.6 Å². The number of hydrogen-bond donors (Lipinski definition) is 2. The van der Waals surface area contributed by atoms with Crippen molar-refractivity contribution >= 4 is 11.7 Å². The van der Waals surface area contributed by atoms with E-state index in [1.807, 2.05) is 0 Å². The van der Waals surface area contributed by atoms with Crippen molar-refractivity contribution in [1.82, 2.24) is 0 Å². The number of hydrogen-bond acceptors (Lipinski definition) is 6. The van der Waals surface area contributed by atoms with E-state index < -0.39 is 18.2 Å². The zero-order chi connectivity index (χ0) is 26.0. The molecule has 6 nitrogen and oxygen atoms in total. The van der Waals surface area contributed by atoms with Crippen LogP contribution in [-0.2, 0) is 35.3 Å². The Kier molecular flexibility index (Phi) is 7.96. The summed E-state index contributed by atoms with van der Waals surface area (Å²) in [5, 5.41) is 20.9. The molecule has 0 amide bonds. The number of carbonyl (C=O) groups excluding carboxylic acids is 1. The molecule has 0 aromatic heterocycles. The van der Waals surface area contributed by atoms with E-state index in [0.717, 1.165) is 37.2 Å². The van der Waals surface area contributed by atoms with E-state index in [1.54, 1.807) is 6.92 Å². The Labute approximate surface area is 215 Å². The number of fused-ring (bicyclic) bond motifs is 2. The van der Waals surface area contributed by atoms with E-state index in [4.69, 9.17) is 9.47 Å². The molecule has 0 aliphatic carbocycles. The third-order valence-corrected chi connectivity index (χ3v) is 7.57. The molecule has 36 heavy (non-hydrogen) atoms. The molecular weight excluding hydrogens is 454 g/mol. The highest BCUT2D eigenvalue weighted by Crippen LogP contribution is 2.47. The van der Waals surface area contributed by atoms with E-state index in [0.29, 0.717) is 12.8 Å². The highest BCUT2D eigenvalue weighted by atomic mass is 16.5. The maximum absolute atomic E-state index is 11.7. The van der Waals surface area contributed by atoms with E-state index in [-0.39, 0.29) is 25.0 Å². The first-order chi connectivity index (χ1) is 17.1. The lowest BCUT2D eigenvalue weighted by Crippen LogP contribution is -2.32. The van der Waals surface area contributed by atoms with E-state index >= 15 is 0 Å². The summed E-state index contributed by atoms with van der Waals surface area (Å²) in [5.41, 5.74) is 8.75. The Hall–Kier alpha value is -2.57. The van der Waals surface area contributed by atoms with Crippen molar-refractivity contribution in [2.45, 2.75) is 97.5 Å². The molecule has 2 N–H and O–H groups in total. The number of benzene rings is 2. The standard InChI is InChI=1S/C30H41NO5/c1-6-35-27(34)16-24(33)15-23(32)11-12-25-19(2)28(20(3)26-17-30(4,5)36-29(25)26)31-14-13-21-9-7-8-10-22(21)18-31/h7-10,23-24,32-33H,6,11-18H2,1-5H3. The van der Waals surface area contributed by atoms with Gasteiger partial charge in [0, 0.05) is 30.8 Å². The molecule has 0 saturated heterocycles. The molecule has 4 rings (SSSR count). The van der Waals surface area contributed by atoms with Gasteiger partial charge in [0.2, 0.25) is 0 Å². The molecule has 2 aliphatic heterocycles. The number of nitrogens with zero attached hydrogens (tertiary/aromatic N) is 1. The predicted octanol–water partition coefficient (Wildman–Crippen LogP) is 4.58. The normalized spacial score (nSPS) is 17.7. The number of rotatable bonds is 9. The van der Waals surface area contributed by atoms with Crippen molar-refractivity contribution in [3.05, 3.63) is 57.6 Å². The van der Waals surface area contributed by atoms with Gasteiger partial charge >= 0.3 is 5.97 Å². The van der Waals surface area contributed by atoms with Gasteiger partial charge in [0.15, 0.2) is 0 Å². The molecule has 2 aliphatic rings. The van der Waals surface area contributed by atoms with Crippen LogP contribution in [0.2, 0.25) is 0 Å². The topological polar surface area (TPSA) is 79.2 Å². The highest BCUT2D eigenvalue weighted by molar-refractivity contribution is 5.71. The Morgan fingerprint density at radius 2 is 1.86 bits per heavy atom. The second kappa shape index (κ2) is 10.8. The van der Waals surface area contributed by atoms with Crippen molar-refractivity contribution in [3.63, 3.8) is 0 Å². The summed E-state index contributed by atoms with van der Waals surface area (Å²) >= 11 is 0. The van der Waals surface area contributed by atoms with E-state index in [2.05, 4.69) is 56.9 Å². The van der Waals surface area contributed by atoms with Crippen molar-refractivity contribution < 1.29 is 24.5 Å². The van der Waals surface area contributed by atoms with Crippen LogP contribution in [0.15, 0.2) is 24.3 Å². The number of anilines is 1. The number of aliphatic hydroxyl groups is 2. The maximum atomic E-state index is 11.7. The van der Waals surface area contributed by atoms with Crippen LogP contribution in [0.3, 0.4) is 0 Å². The SMILES string of the molecule is CCOC(=O)CC(O)CC(O)CCc1c(C)c(N2CCc3ccccc3C2)c(C)c2c1OC(C)(C)C2. The van der Waals surface area contributed by atoms with Crippen LogP contribution < -0.4 is 9.64 Å². The minimum absolute atomic E-state index is 0.0955. The summed E-state index contributed by atoms with van der Waals surface area (Å²) < 4.78 is 11.4. The number of esters is 1. The van der Waals surface area contributed by atoms with Gasteiger partial charge in [0.1, 0.15) is 11.4 Å². The molecule has 2 aromatic rings. The average Bonchev–Trinajstić information content (AvgIpc) is 3.14. The molecule has 196 valence electrons. The van der Waals surface area contributed by atoms with Crippen LogP contribution in [0.1, 0.15) is 73.4 Å². The lowest BCUT2D eigenvalue weighted by Gasteiger charge is -2.34. The van der Waals surface area contributed by atoms with Gasteiger partial charge in [-0.05, 0) is 88.1 Å². The van der Waals surface area contributed by atoms with Gasteiger partial charge in [-0.15, -0.1) is 0 Å². The monoisotopic (exact) mass is 495 g/mol. The zero-order valence-electron chi connectivity index (χ0n) is 22.4. The molecule has 6 heteroatoms. The third kappa shape index (κ3) is 5.70. The third-order valence-electron chi connectivity index (χ3n) is 7.57. The Balaban J connectivity index is 1.57. The fourth-order valence-electron chi connectivity index (χ4n) is 5.86. The molecule has 0 fully saturated rings. The van der Waals surface area contributed by atoms with E-state index in [9.17, 15) is 15.0 Å². The molecule has 2 unspecified atom stereocenters. The van der Waals surface area contributed by atoms with Gasteiger partial charge in [-0.25, -0.2) is 0 Å². The van der Waals surface area contributed by atoms with Crippen LogP contribution in [0.25, 0.3) is 0 Å². The summed E-state index contributed by atoms with van der Waals surface area (Å²) in [5.74, 6) is 0.531. The number of carbonyl (C=O) groups is 1. The summed E-state index contributed by atoms with van der Waals surface area (Å²) in [6.45, 7) is 12.5. The minimum atomic E-state index is -0.914. The fourth-order valence-corrected chi connectivity index (χ4v) is 5.86. The second-order valence-corrected chi connectivity index (χ2v) is 11.0. The van der Waals surface area contributed by atoms with Crippen molar-refractivity contribution in [3.8, 4) is 5.75 Å². The second-order valence-electron chi connectivity index (χ2n) is 11.0. The van der Waals surface area contributed by atoms with Crippen molar-refractivity contribution in [2.24, 2.45) is 0 Å². The smallest absolute Gasteiger partial charge is 0.308 e. The molecular formula is C30H41NO5. The van der Waals surface area contributed by atoms with Gasteiger partial charge in [-0.1, -0.05) is 24.3 Å². The molecule has 2 atom stereocenters. The summed E-state index contributed by atoms with van der Waals surface area (Å²) in [6.07, 6.45) is 1.45. The van der Waals surface area contributed by atoms with Crippen LogP contribution >= 0.6 is 0 Å². The quantitative estimate of drug-likeness (QED) is 0.496. The molecule has 0 bridgehead atoms. The zero-order valence-corrected chi connectivity index (χ0v) is 22.4. The van der Waals surface area contributed by atoms with Crippen molar-refractivity contribution in [2.75, 3.05) is 18.1 Å². The van der Waals surface area contributed by atoms with E-state index in [1.165, 1.54) is 33.5 Å². The molecule has 0 radical (unpaired) electrons. The first-order valence-corrected chi connectivity index (χ1v) is 13.3. The van der Waals surface area contributed by atoms with Crippen LogP contribution in [0.5, 0.6) is 5.75 Å². The average molecular weight is 496 g/mol. The lowest BCUT2D eigenvalue weighted by atomic mass is 9.88. The van der Waals surface area contributed by atoms with Gasteiger partial charge in [0.25, 0.3) is 0 Å². The molecule has 0 saturated carbocycles. The largest absolute Gasteiger partial charge is 0.487 e. The van der Waals surface area contributed by atoms with Crippen LogP contribution in [0, 0.1) is 13.8 Å². The first-order valence-electron chi connectivity index (χ1n) is 13.3. The summed E-state index contributed by atoms with van der Waals surface area (Å²) in [4.78, 5) is 14.2. The Bertz CT molecular complexity index is 1110. The Morgan fingerprint density at radius 3 is 2.58 bits per heavy atom. The lowest BCUT2D eigenvalue weighted by molar-refractivity contribution is -0.145. The number of ether oxygens (including phenoxy) is 2. The highest BCUT2D eigenvalue weighted by Gasteiger charge is 2.36. The Morgan fingerprint density at radius 1 is 1.14 bits per heavy atom.